The second-order valence-corrected chi connectivity index (χ2v) is 5.72. The maximum absolute atomic E-state index is 12.6. The van der Waals surface area contributed by atoms with E-state index in [0.29, 0.717) is 0 Å². The second kappa shape index (κ2) is 6.22. The van der Waals surface area contributed by atoms with Gasteiger partial charge in [0, 0.05) is 57.3 Å². The second-order valence-electron chi connectivity index (χ2n) is 5.72. The molecule has 3 heterocycles. The minimum absolute atomic E-state index is 0.125. The summed E-state index contributed by atoms with van der Waals surface area (Å²) in [5.74, 6) is 0.971. The highest BCUT2D eigenvalue weighted by atomic mass is 16.5. The first kappa shape index (κ1) is 14.6. The predicted molar refractivity (Wildman–Crippen MR) is 83.9 cm³/mol. The van der Waals surface area contributed by atoms with Gasteiger partial charge >= 0.3 is 0 Å². The number of likely N-dealkylation sites (tertiary alicyclic amines) is 1. The molecule has 3 rings (SSSR count). The number of aryl methyl sites for hydroxylation is 1. The highest BCUT2D eigenvalue weighted by Crippen LogP contribution is 2.20. The van der Waals surface area contributed by atoms with E-state index >= 15 is 0 Å². The first-order valence-electron chi connectivity index (χ1n) is 7.63. The van der Waals surface area contributed by atoms with Crippen LogP contribution in [0.5, 0.6) is 5.75 Å². The molecule has 1 amide bonds. The smallest absolute Gasteiger partial charge is 0.255 e. The van der Waals surface area contributed by atoms with Crippen molar-refractivity contribution in [2.24, 2.45) is 7.05 Å². The van der Waals surface area contributed by atoms with Crippen molar-refractivity contribution in [3.05, 3.63) is 48.0 Å². The molecule has 0 aromatic carbocycles. The van der Waals surface area contributed by atoms with E-state index in [4.69, 9.17) is 4.74 Å². The van der Waals surface area contributed by atoms with Crippen LogP contribution in [0, 0.1) is 6.92 Å². The Kier molecular flexibility index (Phi) is 4.13. The Balaban J connectivity index is 1.57. The Morgan fingerprint density at radius 2 is 1.91 bits per heavy atom. The Morgan fingerprint density at radius 1 is 1.23 bits per heavy atom. The molecule has 5 nitrogen and oxygen atoms in total. The van der Waals surface area contributed by atoms with Crippen molar-refractivity contribution < 1.29 is 9.53 Å². The molecule has 0 N–H and O–H groups in total. The van der Waals surface area contributed by atoms with Gasteiger partial charge in [0.2, 0.25) is 0 Å². The summed E-state index contributed by atoms with van der Waals surface area (Å²) in [6, 6.07) is 5.63. The Hall–Kier alpha value is -2.30. The van der Waals surface area contributed by atoms with Crippen molar-refractivity contribution in [2.75, 3.05) is 13.1 Å². The first-order valence-corrected chi connectivity index (χ1v) is 7.63. The monoisotopic (exact) mass is 299 g/mol. The molecule has 0 unspecified atom stereocenters. The lowest BCUT2D eigenvalue weighted by Crippen LogP contribution is -2.41. The minimum atomic E-state index is 0.125. The number of pyridine rings is 1. The van der Waals surface area contributed by atoms with E-state index in [2.05, 4.69) is 4.98 Å². The molecule has 22 heavy (non-hydrogen) atoms. The molecule has 116 valence electrons. The van der Waals surface area contributed by atoms with Gasteiger partial charge in [-0.2, -0.15) is 0 Å². The summed E-state index contributed by atoms with van der Waals surface area (Å²) in [6.07, 6.45) is 7.28. The van der Waals surface area contributed by atoms with E-state index in [1.54, 1.807) is 12.4 Å². The van der Waals surface area contributed by atoms with Gasteiger partial charge in [-0.1, -0.05) is 0 Å². The van der Waals surface area contributed by atoms with Crippen LogP contribution in [0.2, 0.25) is 0 Å². The molecule has 0 aliphatic carbocycles. The van der Waals surface area contributed by atoms with Gasteiger partial charge in [-0.3, -0.25) is 9.78 Å². The lowest BCUT2D eigenvalue weighted by molar-refractivity contribution is 0.0595. The van der Waals surface area contributed by atoms with Crippen LogP contribution in [0.4, 0.5) is 0 Å². The number of rotatable bonds is 3. The zero-order valence-corrected chi connectivity index (χ0v) is 13.0. The molecule has 2 aromatic rings. The van der Waals surface area contributed by atoms with Crippen LogP contribution in [0.25, 0.3) is 0 Å². The molecule has 1 aliphatic heterocycles. The number of piperidine rings is 1. The van der Waals surface area contributed by atoms with Gasteiger partial charge in [0.15, 0.2) is 0 Å². The van der Waals surface area contributed by atoms with Gasteiger partial charge in [0.25, 0.3) is 5.91 Å². The van der Waals surface area contributed by atoms with Crippen molar-refractivity contribution in [3.8, 4) is 5.75 Å². The SMILES string of the molecule is Cc1c(C(=O)N2CCC(Oc3ccncc3)CC2)ccn1C. The Morgan fingerprint density at radius 3 is 2.50 bits per heavy atom. The van der Waals surface area contributed by atoms with Gasteiger partial charge in [0.05, 0.1) is 5.56 Å². The first-order chi connectivity index (χ1) is 10.6. The number of carbonyl (C=O) groups excluding carboxylic acids is 1. The van der Waals surface area contributed by atoms with Crippen molar-refractivity contribution in [2.45, 2.75) is 25.9 Å². The molecular weight excluding hydrogens is 278 g/mol. The van der Waals surface area contributed by atoms with Crippen LogP contribution in [0.15, 0.2) is 36.8 Å². The van der Waals surface area contributed by atoms with E-state index in [9.17, 15) is 4.79 Å². The fraction of sp³-hybridized carbons (Fsp3) is 0.412. The minimum Gasteiger partial charge on any atom is -0.490 e. The lowest BCUT2D eigenvalue weighted by Gasteiger charge is -2.32. The number of hydrogen-bond donors (Lipinski definition) is 0. The van der Waals surface area contributed by atoms with Crippen LogP contribution in [0.3, 0.4) is 0 Å². The molecule has 1 fully saturated rings. The molecule has 0 radical (unpaired) electrons. The van der Waals surface area contributed by atoms with Crippen LogP contribution >= 0.6 is 0 Å². The van der Waals surface area contributed by atoms with Crippen LogP contribution in [-0.4, -0.2) is 39.6 Å². The van der Waals surface area contributed by atoms with Crippen molar-refractivity contribution in [1.82, 2.24) is 14.5 Å². The average Bonchev–Trinajstić information content (AvgIpc) is 2.88. The van der Waals surface area contributed by atoms with E-state index in [1.807, 2.05) is 47.8 Å². The fourth-order valence-corrected chi connectivity index (χ4v) is 2.79. The number of carbonyl (C=O) groups is 1. The van der Waals surface area contributed by atoms with Gasteiger partial charge in [-0.05, 0) is 25.1 Å². The average molecular weight is 299 g/mol. The third-order valence-electron chi connectivity index (χ3n) is 4.30. The fourth-order valence-electron chi connectivity index (χ4n) is 2.79. The Bertz CT molecular complexity index is 643. The summed E-state index contributed by atoms with van der Waals surface area (Å²) >= 11 is 0. The zero-order valence-electron chi connectivity index (χ0n) is 13.0. The van der Waals surface area contributed by atoms with Crippen molar-refractivity contribution >= 4 is 5.91 Å². The van der Waals surface area contributed by atoms with Crippen LogP contribution in [0.1, 0.15) is 28.9 Å². The zero-order chi connectivity index (χ0) is 15.5. The quantitative estimate of drug-likeness (QED) is 0.874. The molecular formula is C17H21N3O2. The summed E-state index contributed by atoms with van der Waals surface area (Å²) in [5, 5.41) is 0. The number of hydrogen-bond acceptors (Lipinski definition) is 3. The van der Waals surface area contributed by atoms with E-state index < -0.39 is 0 Å². The molecule has 2 aromatic heterocycles. The van der Waals surface area contributed by atoms with Crippen LogP contribution < -0.4 is 4.74 Å². The molecule has 0 spiro atoms. The molecule has 5 heteroatoms. The van der Waals surface area contributed by atoms with Crippen molar-refractivity contribution in [3.63, 3.8) is 0 Å². The molecule has 0 saturated carbocycles. The number of nitrogens with zero attached hydrogens (tertiary/aromatic N) is 3. The largest absolute Gasteiger partial charge is 0.490 e. The summed E-state index contributed by atoms with van der Waals surface area (Å²) in [5.41, 5.74) is 1.82. The maximum Gasteiger partial charge on any atom is 0.255 e. The number of aromatic nitrogens is 2. The maximum atomic E-state index is 12.6. The Labute approximate surface area is 130 Å². The third kappa shape index (κ3) is 2.98. The summed E-state index contributed by atoms with van der Waals surface area (Å²) < 4.78 is 7.91. The van der Waals surface area contributed by atoms with Gasteiger partial charge in [-0.15, -0.1) is 0 Å². The summed E-state index contributed by atoms with van der Waals surface area (Å²) in [6.45, 7) is 3.46. The third-order valence-corrected chi connectivity index (χ3v) is 4.30. The molecule has 1 aliphatic rings. The number of amides is 1. The van der Waals surface area contributed by atoms with Crippen molar-refractivity contribution in [1.29, 1.82) is 0 Å². The molecule has 0 atom stereocenters. The molecule has 1 saturated heterocycles. The summed E-state index contributed by atoms with van der Waals surface area (Å²) in [7, 11) is 1.96. The van der Waals surface area contributed by atoms with Gasteiger partial charge in [0.1, 0.15) is 11.9 Å². The highest BCUT2D eigenvalue weighted by molar-refractivity contribution is 5.95. The predicted octanol–water partition coefficient (Wildman–Crippen LogP) is 2.41. The number of ether oxygens (including phenoxy) is 1. The highest BCUT2D eigenvalue weighted by Gasteiger charge is 2.26. The van der Waals surface area contributed by atoms with Gasteiger partial charge in [-0.25, -0.2) is 0 Å². The van der Waals surface area contributed by atoms with Crippen LogP contribution in [-0.2, 0) is 7.05 Å². The van der Waals surface area contributed by atoms with Gasteiger partial charge < -0.3 is 14.2 Å². The normalized spacial score (nSPS) is 15.8. The van der Waals surface area contributed by atoms with E-state index in [-0.39, 0.29) is 12.0 Å². The summed E-state index contributed by atoms with van der Waals surface area (Å²) in [4.78, 5) is 18.5. The topological polar surface area (TPSA) is 47.4 Å². The van der Waals surface area contributed by atoms with E-state index in [0.717, 1.165) is 42.9 Å². The standard InChI is InChI=1S/C17H21N3O2/c1-13-16(7-10-19(13)2)17(21)20-11-5-15(6-12-20)22-14-3-8-18-9-4-14/h3-4,7-10,15H,5-6,11-12H2,1-2H3. The lowest BCUT2D eigenvalue weighted by atomic mass is 10.1. The molecule has 0 bridgehead atoms. The van der Waals surface area contributed by atoms with E-state index in [1.165, 1.54) is 0 Å².